The van der Waals surface area contributed by atoms with E-state index in [-0.39, 0.29) is 5.60 Å². The molecular formula is C19H21NO. The Hall–Kier alpha value is -1.96. The first-order valence-electron chi connectivity index (χ1n) is 7.73. The highest BCUT2D eigenvalue weighted by Gasteiger charge is 2.34. The number of ether oxygens (including phenoxy) is 1. The summed E-state index contributed by atoms with van der Waals surface area (Å²) in [5, 5.41) is 4.97. The summed E-state index contributed by atoms with van der Waals surface area (Å²) in [4.78, 5) is 0. The first-order chi connectivity index (χ1) is 9.95. The Labute approximate surface area is 125 Å². The molecule has 1 aliphatic rings. The second-order valence-electron chi connectivity index (χ2n) is 6.68. The molecule has 2 aromatic carbocycles. The van der Waals surface area contributed by atoms with Crippen LogP contribution in [-0.2, 0) is 5.60 Å². The second-order valence-corrected chi connectivity index (χ2v) is 6.68. The largest absolute Gasteiger partial charge is 0.482 e. The highest BCUT2D eigenvalue weighted by atomic mass is 16.5. The topological polar surface area (TPSA) is 14.2 Å². The van der Waals surface area contributed by atoms with Crippen LogP contribution >= 0.6 is 0 Å². The fourth-order valence-corrected chi connectivity index (χ4v) is 3.77. The molecule has 0 aliphatic carbocycles. The van der Waals surface area contributed by atoms with Gasteiger partial charge in [-0.3, -0.25) is 0 Å². The summed E-state index contributed by atoms with van der Waals surface area (Å²) in [6.45, 7) is 13.1. The molecule has 1 unspecified atom stereocenters. The van der Waals surface area contributed by atoms with Crippen LogP contribution in [0.5, 0.6) is 5.75 Å². The molecule has 1 atom stereocenters. The minimum atomic E-state index is -0.245. The number of benzene rings is 2. The van der Waals surface area contributed by atoms with Crippen molar-refractivity contribution in [1.29, 1.82) is 0 Å². The third-order valence-corrected chi connectivity index (χ3v) is 5.01. The van der Waals surface area contributed by atoms with E-state index < -0.39 is 0 Å². The molecule has 0 saturated carbocycles. The van der Waals surface area contributed by atoms with E-state index in [4.69, 9.17) is 4.74 Å². The van der Waals surface area contributed by atoms with Crippen molar-refractivity contribution in [1.82, 2.24) is 4.57 Å². The van der Waals surface area contributed by atoms with Crippen molar-refractivity contribution in [2.75, 3.05) is 0 Å². The average Bonchev–Trinajstić information content (AvgIpc) is 2.89. The highest BCUT2D eigenvalue weighted by molar-refractivity contribution is 6.14. The van der Waals surface area contributed by atoms with Gasteiger partial charge in [0.1, 0.15) is 11.4 Å². The molecule has 2 nitrogen and oxygen atoms in total. The maximum atomic E-state index is 6.16. The minimum absolute atomic E-state index is 0.245. The van der Waals surface area contributed by atoms with Gasteiger partial charge in [-0.2, -0.15) is 0 Å². The normalized spacial score (nSPS) is 17.5. The van der Waals surface area contributed by atoms with Gasteiger partial charge in [-0.05, 0) is 39.3 Å². The number of hydrogen-bond acceptors (Lipinski definition) is 1. The van der Waals surface area contributed by atoms with Crippen molar-refractivity contribution in [2.24, 2.45) is 0 Å². The zero-order valence-corrected chi connectivity index (χ0v) is 13.2. The van der Waals surface area contributed by atoms with Gasteiger partial charge in [-0.25, -0.2) is 0 Å². The molecule has 0 saturated heterocycles. The van der Waals surface area contributed by atoms with Crippen LogP contribution in [0, 0.1) is 0 Å². The van der Waals surface area contributed by atoms with Crippen LogP contribution in [-0.4, -0.2) is 4.57 Å². The van der Waals surface area contributed by atoms with Gasteiger partial charge in [-0.1, -0.05) is 25.6 Å². The highest BCUT2D eigenvalue weighted by Crippen LogP contribution is 2.47. The number of nitrogens with zero attached hydrogens (tertiary/aromatic N) is 1. The van der Waals surface area contributed by atoms with E-state index >= 15 is 0 Å². The van der Waals surface area contributed by atoms with Crippen LogP contribution in [0.2, 0.25) is 0 Å². The molecule has 3 aromatic rings. The van der Waals surface area contributed by atoms with Crippen LogP contribution in [0.15, 0.2) is 24.3 Å². The molecule has 2 heteroatoms. The second kappa shape index (κ2) is 3.82. The van der Waals surface area contributed by atoms with E-state index in [9.17, 15) is 0 Å². The van der Waals surface area contributed by atoms with Gasteiger partial charge < -0.3 is 9.30 Å². The van der Waals surface area contributed by atoms with Crippen LogP contribution in [0.4, 0.5) is 0 Å². The lowest BCUT2D eigenvalue weighted by molar-refractivity contribution is 0.125. The Morgan fingerprint density at radius 1 is 1.19 bits per heavy atom. The standard InChI is InChI=1S/C19H21NO/c1-6-11(2)20-12(3)13-7-8-14-18-16(21-19(14,4)5)10-9-15(20)17(13)18/h7-11H,3,6H2,1-2,4-5H3. The van der Waals surface area contributed by atoms with E-state index in [1.807, 2.05) is 0 Å². The van der Waals surface area contributed by atoms with Gasteiger partial charge in [0.2, 0.25) is 0 Å². The van der Waals surface area contributed by atoms with Crippen LogP contribution in [0.3, 0.4) is 0 Å². The van der Waals surface area contributed by atoms with E-state index in [2.05, 4.69) is 63.1 Å². The van der Waals surface area contributed by atoms with Crippen molar-refractivity contribution in [3.63, 3.8) is 0 Å². The summed E-state index contributed by atoms with van der Waals surface area (Å²) in [6.07, 6.45) is 1.10. The summed E-state index contributed by atoms with van der Waals surface area (Å²) < 4.78 is 8.54. The predicted octanol–water partition coefficient (Wildman–Crippen LogP) is 4.52. The van der Waals surface area contributed by atoms with Gasteiger partial charge in [-0.15, -0.1) is 0 Å². The molecule has 108 valence electrons. The fraction of sp³-hybridized carbons (Fsp3) is 0.368. The lowest BCUT2D eigenvalue weighted by Gasteiger charge is -2.19. The molecule has 4 rings (SSSR count). The van der Waals surface area contributed by atoms with Crippen molar-refractivity contribution in [3.8, 4) is 5.75 Å². The molecule has 0 amide bonds. The average molecular weight is 279 g/mol. The summed E-state index contributed by atoms with van der Waals surface area (Å²) in [5.41, 5.74) is 2.33. The Kier molecular flexibility index (Phi) is 2.32. The van der Waals surface area contributed by atoms with E-state index in [1.54, 1.807) is 0 Å². The number of rotatable bonds is 2. The molecule has 0 radical (unpaired) electrons. The maximum absolute atomic E-state index is 6.16. The zero-order chi connectivity index (χ0) is 14.9. The minimum Gasteiger partial charge on any atom is -0.482 e. The number of hydrogen-bond donors (Lipinski definition) is 0. The Morgan fingerprint density at radius 3 is 2.67 bits per heavy atom. The molecule has 2 heterocycles. The summed E-state index contributed by atoms with van der Waals surface area (Å²) >= 11 is 0. The van der Waals surface area contributed by atoms with Crippen LogP contribution in [0.1, 0.15) is 45.7 Å². The lowest BCUT2D eigenvalue weighted by Crippen LogP contribution is -2.20. The molecule has 0 fully saturated rings. The summed E-state index contributed by atoms with van der Waals surface area (Å²) in [6, 6.07) is 9.19. The monoisotopic (exact) mass is 279 g/mol. The first kappa shape index (κ1) is 12.8. The third kappa shape index (κ3) is 1.43. The summed E-state index contributed by atoms with van der Waals surface area (Å²) in [5.74, 6) is 1.01. The van der Waals surface area contributed by atoms with Gasteiger partial charge >= 0.3 is 0 Å². The van der Waals surface area contributed by atoms with E-state index in [1.165, 1.54) is 27.2 Å². The number of aromatic nitrogens is 1. The molecule has 1 aliphatic heterocycles. The molecule has 0 N–H and O–H groups in total. The quantitative estimate of drug-likeness (QED) is 0.672. The van der Waals surface area contributed by atoms with E-state index in [0.717, 1.165) is 17.5 Å². The van der Waals surface area contributed by atoms with Gasteiger partial charge in [0.05, 0.1) is 5.52 Å². The Balaban J connectivity index is 2.24. The Bertz CT molecular complexity index is 916. The lowest BCUT2D eigenvalue weighted by atomic mass is 9.93. The van der Waals surface area contributed by atoms with Crippen molar-refractivity contribution < 1.29 is 4.74 Å². The van der Waals surface area contributed by atoms with Crippen molar-refractivity contribution in [3.05, 3.63) is 35.2 Å². The molecule has 0 spiro atoms. The third-order valence-electron chi connectivity index (χ3n) is 5.01. The maximum Gasteiger partial charge on any atom is 0.129 e. The van der Waals surface area contributed by atoms with Gasteiger partial charge in [0.25, 0.3) is 0 Å². The Morgan fingerprint density at radius 2 is 1.95 bits per heavy atom. The molecule has 0 bridgehead atoms. The van der Waals surface area contributed by atoms with Crippen LogP contribution in [0.25, 0.3) is 28.3 Å². The van der Waals surface area contributed by atoms with Gasteiger partial charge in [0.15, 0.2) is 0 Å². The van der Waals surface area contributed by atoms with E-state index in [0.29, 0.717) is 6.04 Å². The molecule has 1 aromatic heterocycles. The summed E-state index contributed by atoms with van der Waals surface area (Å²) in [7, 11) is 0. The van der Waals surface area contributed by atoms with Crippen molar-refractivity contribution >= 4 is 28.3 Å². The van der Waals surface area contributed by atoms with Gasteiger partial charge in [0, 0.05) is 33.1 Å². The SMILES string of the molecule is C=c1c2ccc3c4c(ccc(c42)n1C(C)CC)OC3(C)C. The first-order valence-corrected chi connectivity index (χ1v) is 7.73. The molecular weight excluding hydrogens is 258 g/mol. The van der Waals surface area contributed by atoms with Crippen molar-refractivity contribution in [2.45, 2.75) is 45.8 Å². The van der Waals surface area contributed by atoms with Crippen LogP contribution < -0.4 is 10.1 Å². The smallest absolute Gasteiger partial charge is 0.129 e. The fourth-order valence-electron chi connectivity index (χ4n) is 3.77. The zero-order valence-electron chi connectivity index (χ0n) is 13.2. The molecule has 21 heavy (non-hydrogen) atoms. The predicted molar refractivity (Wildman–Crippen MR) is 88.8 cm³/mol.